The third-order valence-corrected chi connectivity index (χ3v) is 5.16. The number of fused-ring (bicyclic) bond motifs is 1. The number of benzene rings is 1. The number of aryl methyl sites for hydroxylation is 1. The number of imidazole rings is 1. The van der Waals surface area contributed by atoms with Crippen LogP contribution in [0.25, 0.3) is 22.9 Å². The van der Waals surface area contributed by atoms with E-state index in [1.54, 1.807) is 7.05 Å². The van der Waals surface area contributed by atoms with Gasteiger partial charge in [0.2, 0.25) is 5.95 Å². The third-order valence-electron chi connectivity index (χ3n) is 5.16. The standard InChI is InChI=1S/C20H24N6O2/c1-4-7-14-8-5-6-9-15(14)26-16-17(23(2)20(28)24(3)18(16)27)22-19(26)25-12-10-21-11-13-25/h4-9,21H,10-13H2,1-3H3. The van der Waals surface area contributed by atoms with Gasteiger partial charge in [0.25, 0.3) is 5.56 Å². The summed E-state index contributed by atoms with van der Waals surface area (Å²) in [6.07, 6.45) is 3.98. The number of nitrogens with zero attached hydrogens (tertiary/aromatic N) is 5. The van der Waals surface area contributed by atoms with Crippen molar-refractivity contribution in [3.8, 4) is 5.69 Å². The minimum atomic E-state index is -0.379. The van der Waals surface area contributed by atoms with Crippen LogP contribution in [0.1, 0.15) is 12.5 Å². The number of hydrogen-bond acceptors (Lipinski definition) is 5. The van der Waals surface area contributed by atoms with Gasteiger partial charge in [-0.05, 0) is 18.6 Å². The van der Waals surface area contributed by atoms with Gasteiger partial charge >= 0.3 is 5.69 Å². The zero-order chi connectivity index (χ0) is 19.8. The first kappa shape index (κ1) is 18.2. The first-order valence-electron chi connectivity index (χ1n) is 9.41. The van der Waals surface area contributed by atoms with Crippen LogP contribution in [-0.4, -0.2) is 44.9 Å². The van der Waals surface area contributed by atoms with Gasteiger partial charge in [-0.25, -0.2) is 4.79 Å². The van der Waals surface area contributed by atoms with E-state index in [-0.39, 0.29) is 11.2 Å². The molecule has 0 aliphatic carbocycles. The Morgan fingerprint density at radius 3 is 2.50 bits per heavy atom. The predicted molar refractivity (Wildman–Crippen MR) is 111 cm³/mol. The van der Waals surface area contributed by atoms with Crippen LogP contribution in [-0.2, 0) is 14.1 Å². The van der Waals surface area contributed by atoms with Crippen molar-refractivity contribution in [2.45, 2.75) is 6.92 Å². The van der Waals surface area contributed by atoms with E-state index in [2.05, 4.69) is 10.2 Å². The fraction of sp³-hybridized carbons (Fsp3) is 0.350. The maximum atomic E-state index is 13.1. The van der Waals surface area contributed by atoms with E-state index < -0.39 is 0 Å². The molecule has 1 N–H and O–H groups in total. The lowest BCUT2D eigenvalue weighted by molar-refractivity contribution is 0.578. The number of hydrogen-bond donors (Lipinski definition) is 1. The monoisotopic (exact) mass is 380 g/mol. The molecule has 0 atom stereocenters. The summed E-state index contributed by atoms with van der Waals surface area (Å²) in [5.41, 5.74) is 1.94. The van der Waals surface area contributed by atoms with Gasteiger partial charge in [-0.3, -0.25) is 18.5 Å². The smallest absolute Gasteiger partial charge is 0.332 e. The molecule has 8 nitrogen and oxygen atoms in total. The van der Waals surface area contributed by atoms with Gasteiger partial charge in [0, 0.05) is 40.3 Å². The molecule has 1 saturated heterocycles. The second kappa shape index (κ2) is 7.12. The zero-order valence-electron chi connectivity index (χ0n) is 16.3. The first-order chi connectivity index (χ1) is 13.5. The predicted octanol–water partition coefficient (Wildman–Crippen LogP) is 0.866. The molecule has 0 spiro atoms. The van der Waals surface area contributed by atoms with E-state index in [1.807, 2.05) is 47.9 Å². The molecule has 1 aromatic carbocycles. The molecule has 146 valence electrons. The van der Waals surface area contributed by atoms with Crippen molar-refractivity contribution in [3.05, 3.63) is 56.7 Å². The summed E-state index contributed by atoms with van der Waals surface area (Å²) in [4.78, 5) is 32.5. The van der Waals surface area contributed by atoms with E-state index in [0.29, 0.717) is 17.1 Å². The van der Waals surface area contributed by atoms with Gasteiger partial charge in [0.1, 0.15) is 0 Å². The molecule has 0 unspecified atom stereocenters. The number of aromatic nitrogens is 4. The van der Waals surface area contributed by atoms with Crippen LogP contribution < -0.4 is 21.5 Å². The van der Waals surface area contributed by atoms with Crippen LogP contribution in [0.15, 0.2) is 39.9 Å². The SMILES string of the molecule is CC=Cc1ccccc1-n1c(N2CCNCC2)nc2c1c(=O)n(C)c(=O)n2C. The molecule has 0 radical (unpaired) electrons. The number of para-hydroxylation sites is 1. The lowest BCUT2D eigenvalue weighted by Crippen LogP contribution is -2.44. The number of rotatable bonds is 3. The van der Waals surface area contributed by atoms with E-state index in [4.69, 9.17) is 4.98 Å². The Kier molecular flexibility index (Phi) is 4.64. The van der Waals surface area contributed by atoms with Crippen LogP contribution in [0, 0.1) is 0 Å². The maximum absolute atomic E-state index is 13.1. The average molecular weight is 380 g/mol. The Morgan fingerprint density at radius 1 is 1.07 bits per heavy atom. The highest BCUT2D eigenvalue weighted by Gasteiger charge is 2.25. The molecular weight excluding hydrogens is 356 g/mol. The highest BCUT2D eigenvalue weighted by Crippen LogP contribution is 2.27. The molecule has 4 rings (SSSR count). The van der Waals surface area contributed by atoms with Crippen LogP contribution in [0.3, 0.4) is 0 Å². The fourth-order valence-corrected chi connectivity index (χ4v) is 3.70. The van der Waals surface area contributed by atoms with Gasteiger partial charge in [-0.1, -0.05) is 30.4 Å². The van der Waals surface area contributed by atoms with Gasteiger partial charge in [0.15, 0.2) is 11.2 Å². The van der Waals surface area contributed by atoms with Crippen molar-refractivity contribution in [3.63, 3.8) is 0 Å². The second-order valence-corrected chi connectivity index (χ2v) is 6.92. The molecule has 3 aromatic rings. The van der Waals surface area contributed by atoms with E-state index in [0.717, 1.165) is 42.0 Å². The minimum Gasteiger partial charge on any atom is -0.339 e. The summed E-state index contributed by atoms with van der Waals surface area (Å²) in [7, 11) is 3.16. The zero-order valence-corrected chi connectivity index (χ0v) is 16.3. The molecule has 1 aliphatic heterocycles. The van der Waals surface area contributed by atoms with Gasteiger partial charge < -0.3 is 10.2 Å². The Hall–Kier alpha value is -3.13. The highest BCUT2D eigenvalue weighted by atomic mass is 16.2. The van der Waals surface area contributed by atoms with Crippen LogP contribution >= 0.6 is 0 Å². The van der Waals surface area contributed by atoms with Crippen LogP contribution in [0.5, 0.6) is 0 Å². The summed E-state index contributed by atoms with van der Waals surface area (Å²) in [5.74, 6) is 0.687. The fourth-order valence-electron chi connectivity index (χ4n) is 3.70. The van der Waals surface area contributed by atoms with Crippen molar-refractivity contribution in [1.82, 2.24) is 24.0 Å². The summed E-state index contributed by atoms with van der Waals surface area (Å²) in [6.45, 7) is 5.21. The average Bonchev–Trinajstić information content (AvgIpc) is 3.12. The van der Waals surface area contributed by atoms with Gasteiger partial charge in [-0.15, -0.1) is 0 Å². The number of piperazine rings is 1. The molecule has 0 saturated carbocycles. The minimum absolute atomic E-state index is 0.345. The van der Waals surface area contributed by atoms with Crippen molar-refractivity contribution in [1.29, 1.82) is 0 Å². The topological polar surface area (TPSA) is 77.1 Å². The van der Waals surface area contributed by atoms with Crippen molar-refractivity contribution in [2.24, 2.45) is 14.1 Å². The van der Waals surface area contributed by atoms with Gasteiger partial charge in [-0.2, -0.15) is 4.98 Å². The highest BCUT2D eigenvalue weighted by molar-refractivity contribution is 5.79. The Balaban J connectivity index is 2.14. The number of nitrogens with one attached hydrogen (secondary N) is 1. The van der Waals surface area contributed by atoms with Crippen molar-refractivity contribution < 1.29 is 0 Å². The van der Waals surface area contributed by atoms with Gasteiger partial charge in [0.05, 0.1) is 5.69 Å². The lowest BCUT2D eigenvalue weighted by Gasteiger charge is -2.29. The summed E-state index contributed by atoms with van der Waals surface area (Å²) < 4.78 is 4.48. The molecular formula is C20H24N6O2. The molecule has 1 fully saturated rings. The first-order valence-corrected chi connectivity index (χ1v) is 9.41. The normalized spacial score (nSPS) is 15.0. The van der Waals surface area contributed by atoms with Crippen LogP contribution in [0.4, 0.5) is 5.95 Å². The maximum Gasteiger partial charge on any atom is 0.332 e. The molecule has 2 aromatic heterocycles. The molecule has 3 heterocycles. The Morgan fingerprint density at radius 2 is 1.79 bits per heavy atom. The third kappa shape index (κ3) is 2.77. The summed E-state index contributed by atoms with van der Waals surface area (Å²) >= 11 is 0. The molecule has 1 aliphatic rings. The molecule has 0 bridgehead atoms. The summed E-state index contributed by atoms with van der Waals surface area (Å²) in [5, 5.41) is 3.34. The van der Waals surface area contributed by atoms with E-state index >= 15 is 0 Å². The second-order valence-electron chi connectivity index (χ2n) is 6.92. The van der Waals surface area contributed by atoms with Crippen LogP contribution in [0.2, 0.25) is 0 Å². The van der Waals surface area contributed by atoms with E-state index in [9.17, 15) is 9.59 Å². The Labute approximate surface area is 162 Å². The Bertz CT molecular complexity index is 1180. The number of anilines is 1. The largest absolute Gasteiger partial charge is 0.339 e. The molecule has 0 amide bonds. The lowest BCUT2D eigenvalue weighted by atomic mass is 10.1. The van der Waals surface area contributed by atoms with Crippen molar-refractivity contribution in [2.75, 3.05) is 31.1 Å². The number of allylic oxidation sites excluding steroid dienone is 1. The summed E-state index contributed by atoms with van der Waals surface area (Å²) in [6, 6.07) is 7.90. The van der Waals surface area contributed by atoms with Crippen molar-refractivity contribution >= 4 is 23.2 Å². The molecule has 8 heteroatoms. The van der Waals surface area contributed by atoms with E-state index in [1.165, 1.54) is 11.6 Å². The molecule has 28 heavy (non-hydrogen) atoms. The quantitative estimate of drug-likeness (QED) is 0.730.